The molecule has 1 aromatic carbocycles. The second-order valence-electron chi connectivity index (χ2n) is 5.11. The number of H-pyrrole nitrogens is 1. The molecule has 2 N–H and O–H groups in total. The normalized spacial score (nSPS) is 10.9. The van der Waals surface area contributed by atoms with Crippen molar-refractivity contribution in [3.8, 4) is 0 Å². The Hall–Kier alpha value is -2.21. The number of aliphatic hydroxyl groups excluding tert-OH is 1. The summed E-state index contributed by atoms with van der Waals surface area (Å²) < 4.78 is 13.3. The summed E-state index contributed by atoms with van der Waals surface area (Å²) in [6.07, 6.45) is 1.72. The van der Waals surface area contributed by atoms with Crippen LogP contribution in [0, 0.1) is 5.82 Å². The van der Waals surface area contributed by atoms with Crippen LogP contribution in [0.25, 0.3) is 10.9 Å². The molecule has 0 radical (unpaired) electrons. The number of rotatable bonds is 6. The van der Waals surface area contributed by atoms with E-state index in [-0.39, 0.29) is 30.1 Å². The number of halogens is 1. The highest BCUT2D eigenvalue weighted by Gasteiger charge is 2.18. The van der Waals surface area contributed by atoms with Gasteiger partial charge in [0.15, 0.2) is 0 Å². The first kappa shape index (κ1) is 16.2. The number of pyridine rings is 1. The standard InChI is InChI=1S/C16H19FN2O3/c1-2-3-6-19(7-8-20)16(22)13-10-15(21)18-14-9-11(17)4-5-12(13)14/h4-5,9-10,20H,2-3,6-8H2,1H3,(H,18,21). The van der Waals surface area contributed by atoms with Crippen molar-refractivity contribution in [2.45, 2.75) is 19.8 Å². The van der Waals surface area contributed by atoms with Gasteiger partial charge in [-0.05, 0) is 24.6 Å². The maximum Gasteiger partial charge on any atom is 0.254 e. The van der Waals surface area contributed by atoms with Gasteiger partial charge in [0, 0.05) is 24.5 Å². The number of nitrogens with one attached hydrogen (secondary N) is 1. The number of hydrogen-bond acceptors (Lipinski definition) is 3. The molecule has 0 saturated carbocycles. The van der Waals surface area contributed by atoms with Crippen molar-refractivity contribution in [2.24, 2.45) is 0 Å². The number of unbranched alkanes of at least 4 members (excludes halogenated alkanes) is 1. The molecule has 1 amide bonds. The molecule has 22 heavy (non-hydrogen) atoms. The predicted octanol–water partition coefficient (Wildman–Crippen LogP) is 1.90. The van der Waals surface area contributed by atoms with Gasteiger partial charge in [-0.3, -0.25) is 9.59 Å². The maximum atomic E-state index is 13.3. The summed E-state index contributed by atoms with van der Waals surface area (Å²) in [6, 6.07) is 5.14. The average Bonchev–Trinajstić information content (AvgIpc) is 2.49. The van der Waals surface area contributed by atoms with E-state index in [9.17, 15) is 14.0 Å². The second kappa shape index (κ2) is 7.17. The van der Waals surface area contributed by atoms with Crippen molar-refractivity contribution in [2.75, 3.05) is 19.7 Å². The van der Waals surface area contributed by atoms with E-state index in [1.54, 1.807) is 0 Å². The SMILES string of the molecule is CCCCN(CCO)C(=O)c1cc(=O)[nH]c2cc(F)ccc12. The molecule has 5 nitrogen and oxygen atoms in total. The van der Waals surface area contributed by atoms with E-state index in [1.165, 1.54) is 29.2 Å². The molecule has 0 aliphatic carbocycles. The van der Waals surface area contributed by atoms with Crippen LogP contribution >= 0.6 is 0 Å². The number of aromatic amines is 1. The lowest BCUT2D eigenvalue weighted by Crippen LogP contribution is -2.35. The number of nitrogens with zero attached hydrogens (tertiary/aromatic N) is 1. The monoisotopic (exact) mass is 306 g/mol. The fourth-order valence-corrected chi connectivity index (χ4v) is 2.36. The Bertz CT molecular complexity index is 727. The van der Waals surface area contributed by atoms with Crippen molar-refractivity contribution in [3.05, 3.63) is 46.0 Å². The zero-order valence-corrected chi connectivity index (χ0v) is 12.4. The van der Waals surface area contributed by atoms with Crippen molar-refractivity contribution in [1.29, 1.82) is 0 Å². The van der Waals surface area contributed by atoms with Crippen LogP contribution < -0.4 is 5.56 Å². The Kier molecular flexibility index (Phi) is 5.27. The molecule has 0 unspecified atom stereocenters. The molecule has 2 rings (SSSR count). The van der Waals surface area contributed by atoms with E-state index < -0.39 is 11.4 Å². The molecule has 0 saturated heterocycles. The first-order valence-corrected chi connectivity index (χ1v) is 7.29. The fourth-order valence-electron chi connectivity index (χ4n) is 2.36. The summed E-state index contributed by atoms with van der Waals surface area (Å²) in [6.45, 7) is 2.57. The van der Waals surface area contributed by atoms with Crippen LogP contribution in [-0.2, 0) is 0 Å². The number of amides is 1. The third kappa shape index (κ3) is 3.51. The Morgan fingerprint density at radius 2 is 2.09 bits per heavy atom. The Morgan fingerprint density at radius 3 is 2.77 bits per heavy atom. The molecule has 2 aromatic rings. The quantitative estimate of drug-likeness (QED) is 0.856. The van der Waals surface area contributed by atoms with Crippen LogP contribution in [0.3, 0.4) is 0 Å². The zero-order chi connectivity index (χ0) is 16.1. The summed E-state index contributed by atoms with van der Waals surface area (Å²) in [5.41, 5.74) is 0.0551. The molecule has 0 bridgehead atoms. The smallest absolute Gasteiger partial charge is 0.254 e. The Labute approximate surface area is 127 Å². The highest BCUT2D eigenvalue weighted by Crippen LogP contribution is 2.18. The number of aliphatic hydroxyl groups is 1. The van der Waals surface area contributed by atoms with Crippen LogP contribution in [0.4, 0.5) is 4.39 Å². The van der Waals surface area contributed by atoms with Gasteiger partial charge in [0.05, 0.1) is 17.7 Å². The first-order valence-electron chi connectivity index (χ1n) is 7.29. The largest absolute Gasteiger partial charge is 0.395 e. The minimum absolute atomic E-state index is 0.148. The summed E-state index contributed by atoms with van der Waals surface area (Å²) in [5, 5.41) is 9.62. The predicted molar refractivity (Wildman–Crippen MR) is 82.4 cm³/mol. The van der Waals surface area contributed by atoms with E-state index in [2.05, 4.69) is 4.98 Å². The lowest BCUT2D eigenvalue weighted by Gasteiger charge is -2.22. The van der Waals surface area contributed by atoms with Crippen LogP contribution in [0.1, 0.15) is 30.1 Å². The van der Waals surface area contributed by atoms with E-state index in [0.29, 0.717) is 11.9 Å². The van der Waals surface area contributed by atoms with Crippen molar-refractivity contribution >= 4 is 16.8 Å². The van der Waals surface area contributed by atoms with E-state index >= 15 is 0 Å². The van der Waals surface area contributed by atoms with Crippen molar-refractivity contribution < 1.29 is 14.3 Å². The summed E-state index contributed by atoms with van der Waals surface area (Å²) in [4.78, 5) is 28.4. The number of hydrogen-bond donors (Lipinski definition) is 2. The summed E-state index contributed by atoms with van der Waals surface area (Å²) in [5.74, 6) is -0.809. The minimum atomic E-state index is -0.481. The fraction of sp³-hybridized carbons (Fsp3) is 0.375. The van der Waals surface area contributed by atoms with Crippen LogP contribution in [0.5, 0.6) is 0 Å². The van der Waals surface area contributed by atoms with Gasteiger partial charge in [0.2, 0.25) is 5.56 Å². The van der Waals surface area contributed by atoms with Crippen LogP contribution in [-0.4, -0.2) is 40.6 Å². The second-order valence-corrected chi connectivity index (χ2v) is 5.11. The van der Waals surface area contributed by atoms with Crippen molar-refractivity contribution in [3.63, 3.8) is 0 Å². The Morgan fingerprint density at radius 1 is 1.32 bits per heavy atom. The van der Waals surface area contributed by atoms with Gasteiger partial charge in [-0.2, -0.15) is 0 Å². The van der Waals surface area contributed by atoms with Crippen molar-refractivity contribution in [1.82, 2.24) is 9.88 Å². The lowest BCUT2D eigenvalue weighted by molar-refractivity contribution is 0.0721. The number of carbonyl (C=O) groups excluding carboxylic acids is 1. The number of fused-ring (bicyclic) bond motifs is 1. The minimum Gasteiger partial charge on any atom is -0.395 e. The third-order valence-corrected chi connectivity index (χ3v) is 3.47. The maximum absolute atomic E-state index is 13.3. The highest BCUT2D eigenvalue weighted by atomic mass is 19.1. The lowest BCUT2D eigenvalue weighted by atomic mass is 10.1. The van der Waals surface area contributed by atoms with Gasteiger partial charge < -0.3 is 15.0 Å². The summed E-state index contributed by atoms with van der Waals surface area (Å²) in [7, 11) is 0. The first-order chi connectivity index (χ1) is 10.6. The molecule has 1 heterocycles. The van der Waals surface area contributed by atoms with E-state index in [1.807, 2.05) is 6.92 Å². The molecule has 1 aromatic heterocycles. The number of carbonyl (C=O) groups is 1. The van der Waals surface area contributed by atoms with Crippen LogP contribution in [0.15, 0.2) is 29.1 Å². The van der Waals surface area contributed by atoms with Crippen LogP contribution in [0.2, 0.25) is 0 Å². The van der Waals surface area contributed by atoms with E-state index in [4.69, 9.17) is 5.11 Å². The highest BCUT2D eigenvalue weighted by molar-refractivity contribution is 6.05. The molecule has 6 heteroatoms. The van der Waals surface area contributed by atoms with Gasteiger partial charge in [0.25, 0.3) is 5.91 Å². The molecule has 0 atom stereocenters. The number of aromatic nitrogens is 1. The van der Waals surface area contributed by atoms with Gasteiger partial charge in [-0.15, -0.1) is 0 Å². The summed E-state index contributed by atoms with van der Waals surface area (Å²) >= 11 is 0. The van der Waals surface area contributed by atoms with Gasteiger partial charge in [-0.25, -0.2) is 4.39 Å². The Balaban J connectivity index is 2.47. The zero-order valence-electron chi connectivity index (χ0n) is 12.4. The third-order valence-electron chi connectivity index (χ3n) is 3.47. The molecular formula is C16H19FN2O3. The molecule has 0 fully saturated rings. The van der Waals surface area contributed by atoms with E-state index in [0.717, 1.165) is 12.8 Å². The molecule has 118 valence electrons. The molecule has 0 aliphatic heterocycles. The van der Waals surface area contributed by atoms with Gasteiger partial charge in [-0.1, -0.05) is 13.3 Å². The average molecular weight is 306 g/mol. The van der Waals surface area contributed by atoms with Gasteiger partial charge >= 0.3 is 0 Å². The topological polar surface area (TPSA) is 73.4 Å². The molecule has 0 spiro atoms. The molecule has 0 aliphatic rings. The number of benzene rings is 1. The molecular weight excluding hydrogens is 287 g/mol. The van der Waals surface area contributed by atoms with Gasteiger partial charge in [0.1, 0.15) is 5.82 Å².